The van der Waals surface area contributed by atoms with E-state index in [1.807, 2.05) is 0 Å². The monoisotopic (exact) mass is 228 g/mol. The number of rotatable bonds is 3. The van der Waals surface area contributed by atoms with E-state index in [1.165, 1.54) is 0 Å². The summed E-state index contributed by atoms with van der Waals surface area (Å²) in [4.78, 5) is 3.74. The van der Waals surface area contributed by atoms with Crippen LogP contribution in [0.5, 0.6) is 0 Å². The predicted molar refractivity (Wildman–Crippen MR) is 57.8 cm³/mol. The van der Waals surface area contributed by atoms with Gasteiger partial charge in [0.25, 0.3) is 0 Å². The summed E-state index contributed by atoms with van der Waals surface area (Å²) in [6.45, 7) is 2.12. The van der Waals surface area contributed by atoms with E-state index in [1.54, 1.807) is 0 Å². The minimum atomic E-state index is -0.799. The maximum atomic E-state index is 13.4. The SMILES string of the molecule is CC1CC(Nc2nc(NN)c(F)cc2F)C1. The Morgan fingerprint density at radius 3 is 2.50 bits per heavy atom. The van der Waals surface area contributed by atoms with Crippen molar-refractivity contribution in [2.24, 2.45) is 11.8 Å². The van der Waals surface area contributed by atoms with Crippen molar-refractivity contribution in [3.05, 3.63) is 17.7 Å². The number of aromatic nitrogens is 1. The zero-order valence-electron chi connectivity index (χ0n) is 8.93. The van der Waals surface area contributed by atoms with Crippen molar-refractivity contribution in [3.63, 3.8) is 0 Å². The molecular formula is C10H14F2N4. The highest BCUT2D eigenvalue weighted by Crippen LogP contribution is 2.30. The van der Waals surface area contributed by atoms with Crippen LogP contribution in [0.3, 0.4) is 0 Å². The van der Waals surface area contributed by atoms with Gasteiger partial charge in [0.2, 0.25) is 0 Å². The lowest BCUT2D eigenvalue weighted by molar-refractivity contribution is 0.307. The maximum Gasteiger partial charge on any atom is 0.178 e. The number of nitrogens with one attached hydrogen (secondary N) is 2. The first-order chi connectivity index (χ1) is 7.60. The molecule has 1 saturated carbocycles. The van der Waals surface area contributed by atoms with Crippen LogP contribution in [-0.2, 0) is 0 Å². The molecule has 1 aliphatic carbocycles. The van der Waals surface area contributed by atoms with Gasteiger partial charge in [-0.15, -0.1) is 0 Å². The molecular weight excluding hydrogens is 214 g/mol. The number of hydrogen-bond donors (Lipinski definition) is 3. The Kier molecular flexibility index (Phi) is 2.91. The van der Waals surface area contributed by atoms with Gasteiger partial charge in [-0.2, -0.15) is 0 Å². The zero-order chi connectivity index (χ0) is 11.7. The fourth-order valence-electron chi connectivity index (χ4n) is 1.88. The van der Waals surface area contributed by atoms with Crippen LogP contribution in [0.1, 0.15) is 19.8 Å². The molecule has 88 valence electrons. The third-order valence-corrected chi connectivity index (χ3v) is 2.78. The Balaban J connectivity index is 2.13. The molecule has 0 spiro atoms. The van der Waals surface area contributed by atoms with Crippen molar-refractivity contribution in [1.29, 1.82) is 0 Å². The van der Waals surface area contributed by atoms with Gasteiger partial charge in [-0.25, -0.2) is 19.6 Å². The highest BCUT2D eigenvalue weighted by Gasteiger charge is 2.26. The number of nitrogens with two attached hydrogens (primary N) is 1. The van der Waals surface area contributed by atoms with E-state index in [-0.39, 0.29) is 17.7 Å². The van der Waals surface area contributed by atoms with Gasteiger partial charge in [0.1, 0.15) is 0 Å². The number of halogens is 2. The highest BCUT2D eigenvalue weighted by molar-refractivity contribution is 5.47. The summed E-state index contributed by atoms with van der Waals surface area (Å²) in [5.41, 5.74) is 2.09. The second kappa shape index (κ2) is 4.21. The van der Waals surface area contributed by atoms with Crippen LogP contribution in [0.25, 0.3) is 0 Å². The molecule has 1 heterocycles. The Morgan fingerprint density at radius 2 is 1.94 bits per heavy atom. The first kappa shape index (κ1) is 11.1. The largest absolute Gasteiger partial charge is 0.365 e. The van der Waals surface area contributed by atoms with Crippen molar-refractivity contribution in [2.45, 2.75) is 25.8 Å². The van der Waals surface area contributed by atoms with Crippen molar-refractivity contribution in [1.82, 2.24) is 4.98 Å². The molecule has 2 rings (SSSR count). The number of nitrogen functional groups attached to an aromatic ring is 1. The number of pyridine rings is 1. The normalized spacial score (nSPS) is 23.8. The van der Waals surface area contributed by atoms with Gasteiger partial charge in [0.05, 0.1) is 0 Å². The lowest BCUT2D eigenvalue weighted by atomic mass is 9.82. The van der Waals surface area contributed by atoms with Gasteiger partial charge in [0.15, 0.2) is 23.3 Å². The minimum Gasteiger partial charge on any atom is -0.365 e. The highest BCUT2D eigenvalue weighted by atomic mass is 19.1. The van der Waals surface area contributed by atoms with Crippen LogP contribution >= 0.6 is 0 Å². The van der Waals surface area contributed by atoms with Crippen LogP contribution in [0, 0.1) is 17.6 Å². The molecule has 4 nitrogen and oxygen atoms in total. The van der Waals surface area contributed by atoms with E-state index in [0.717, 1.165) is 18.9 Å². The standard InChI is InChI=1S/C10H14F2N4/c1-5-2-6(3-5)14-9-7(11)4-8(12)10(15-9)16-13/h4-6H,2-3,13H2,1H3,(H2,14,15,16). The maximum absolute atomic E-state index is 13.4. The average molecular weight is 228 g/mol. The molecule has 1 aromatic rings. The second-order valence-electron chi connectivity index (χ2n) is 4.21. The van der Waals surface area contributed by atoms with E-state index in [0.29, 0.717) is 5.92 Å². The molecule has 1 fully saturated rings. The van der Waals surface area contributed by atoms with E-state index in [9.17, 15) is 8.78 Å². The molecule has 0 aromatic carbocycles. The zero-order valence-corrected chi connectivity index (χ0v) is 8.93. The third kappa shape index (κ3) is 2.06. The van der Waals surface area contributed by atoms with E-state index in [4.69, 9.17) is 5.84 Å². The van der Waals surface area contributed by atoms with Crippen LogP contribution in [0.2, 0.25) is 0 Å². The van der Waals surface area contributed by atoms with Gasteiger partial charge in [-0.1, -0.05) is 6.92 Å². The fraction of sp³-hybridized carbons (Fsp3) is 0.500. The summed E-state index contributed by atoms with van der Waals surface area (Å²) in [5, 5.41) is 2.93. The van der Waals surface area contributed by atoms with Crippen molar-refractivity contribution < 1.29 is 8.78 Å². The van der Waals surface area contributed by atoms with E-state index < -0.39 is 11.6 Å². The Labute approximate surface area is 92.2 Å². The van der Waals surface area contributed by atoms with Crippen LogP contribution in [-0.4, -0.2) is 11.0 Å². The summed E-state index contributed by atoms with van der Waals surface area (Å²) >= 11 is 0. The van der Waals surface area contributed by atoms with Gasteiger partial charge in [0, 0.05) is 12.1 Å². The first-order valence-corrected chi connectivity index (χ1v) is 5.19. The average Bonchev–Trinajstić information content (AvgIpc) is 2.19. The van der Waals surface area contributed by atoms with Crippen molar-refractivity contribution in [3.8, 4) is 0 Å². The summed E-state index contributed by atoms with van der Waals surface area (Å²) in [7, 11) is 0. The quantitative estimate of drug-likeness (QED) is 0.546. The van der Waals surface area contributed by atoms with Gasteiger partial charge in [-0.3, -0.25) is 0 Å². The molecule has 0 bridgehead atoms. The number of hydrazine groups is 1. The van der Waals surface area contributed by atoms with Gasteiger partial charge >= 0.3 is 0 Å². The Hall–Kier alpha value is -1.43. The van der Waals surface area contributed by atoms with Crippen molar-refractivity contribution >= 4 is 11.6 Å². The van der Waals surface area contributed by atoms with Crippen molar-refractivity contribution in [2.75, 3.05) is 10.7 Å². The van der Waals surface area contributed by atoms with Crippen LogP contribution in [0.4, 0.5) is 20.4 Å². The molecule has 1 aromatic heterocycles. The van der Waals surface area contributed by atoms with Crippen LogP contribution < -0.4 is 16.6 Å². The Morgan fingerprint density at radius 1 is 1.31 bits per heavy atom. The number of anilines is 2. The van der Waals surface area contributed by atoms with Gasteiger partial charge < -0.3 is 10.7 Å². The summed E-state index contributed by atoms with van der Waals surface area (Å²) in [6, 6.07) is 0.986. The molecule has 0 aliphatic heterocycles. The Bertz CT molecular complexity index is 391. The molecule has 0 radical (unpaired) electrons. The number of hydrogen-bond acceptors (Lipinski definition) is 4. The first-order valence-electron chi connectivity index (χ1n) is 5.19. The molecule has 0 saturated heterocycles. The summed E-state index contributed by atoms with van der Waals surface area (Å²) in [6.07, 6.45) is 1.95. The minimum absolute atomic E-state index is 0.0475. The molecule has 0 amide bonds. The lowest BCUT2D eigenvalue weighted by Crippen LogP contribution is -2.34. The topological polar surface area (TPSA) is 63.0 Å². The third-order valence-electron chi connectivity index (χ3n) is 2.78. The smallest absolute Gasteiger partial charge is 0.178 e. The van der Waals surface area contributed by atoms with Gasteiger partial charge in [-0.05, 0) is 18.8 Å². The molecule has 1 aliphatic rings. The molecule has 6 heteroatoms. The predicted octanol–water partition coefficient (Wildman–Crippen LogP) is 1.86. The van der Waals surface area contributed by atoms with Crippen LogP contribution in [0.15, 0.2) is 6.07 Å². The van der Waals surface area contributed by atoms with E-state index >= 15 is 0 Å². The fourth-order valence-corrected chi connectivity index (χ4v) is 1.88. The second-order valence-corrected chi connectivity index (χ2v) is 4.21. The number of nitrogens with zero attached hydrogens (tertiary/aromatic N) is 1. The lowest BCUT2D eigenvalue weighted by Gasteiger charge is -2.33. The van der Waals surface area contributed by atoms with E-state index in [2.05, 4.69) is 22.7 Å². The molecule has 0 unspecified atom stereocenters. The molecule has 4 N–H and O–H groups in total. The molecule has 16 heavy (non-hydrogen) atoms. The molecule has 0 atom stereocenters. The summed E-state index contributed by atoms with van der Waals surface area (Å²) in [5.74, 6) is 4.11. The summed E-state index contributed by atoms with van der Waals surface area (Å²) < 4.78 is 26.4.